The number of hydrogen-bond acceptors (Lipinski definition) is 2. The number of benzene rings is 1. The summed E-state index contributed by atoms with van der Waals surface area (Å²) in [6.45, 7) is 7.72. The number of amides is 2. The van der Waals surface area contributed by atoms with Crippen LogP contribution in [0.5, 0.6) is 0 Å². The van der Waals surface area contributed by atoms with E-state index in [2.05, 4.69) is 10.6 Å². The molecule has 19 heavy (non-hydrogen) atoms. The molecule has 0 fully saturated rings. The van der Waals surface area contributed by atoms with Gasteiger partial charge < -0.3 is 10.6 Å². The van der Waals surface area contributed by atoms with Crippen molar-refractivity contribution in [3.05, 3.63) is 35.4 Å². The lowest BCUT2D eigenvalue weighted by atomic mass is 10.1. The molecule has 1 rings (SSSR count). The third kappa shape index (κ3) is 6.60. The fourth-order valence-electron chi connectivity index (χ4n) is 1.60. The number of nitrogens with one attached hydrogen (secondary N) is 2. The summed E-state index contributed by atoms with van der Waals surface area (Å²) in [5.74, 6) is -0.322. The van der Waals surface area contributed by atoms with E-state index in [1.807, 2.05) is 52.0 Å². The van der Waals surface area contributed by atoms with Crippen molar-refractivity contribution in [3.8, 4) is 0 Å². The molecule has 0 aliphatic rings. The molecule has 0 saturated carbocycles. The van der Waals surface area contributed by atoms with Gasteiger partial charge in [0.25, 0.3) is 0 Å². The van der Waals surface area contributed by atoms with Crippen LogP contribution in [-0.4, -0.2) is 23.9 Å². The summed E-state index contributed by atoms with van der Waals surface area (Å²) in [5, 5.41) is 5.41. The molecule has 0 aliphatic carbocycles. The average molecular weight is 262 g/mol. The van der Waals surface area contributed by atoms with Crippen molar-refractivity contribution in [2.75, 3.05) is 6.54 Å². The molecule has 0 radical (unpaired) electrons. The largest absolute Gasteiger partial charge is 0.350 e. The average Bonchev–Trinajstić information content (AvgIpc) is 2.27. The number of hydrogen-bond donors (Lipinski definition) is 2. The number of rotatable bonds is 4. The molecule has 0 atom stereocenters. The van der Waals surface area contributed by atoms with E-state index in [4.69, 9.17) is 0 Å². The molecule has 4 heteroatoms. The second-order valence-corrected chi connectivity index (χ2v) is 5.74. The van der Waals surface area contributed by atoms with Gasteiger partial charge >= 0.3 is 0 Å². The van der Waals surface area contributed by atoms with Gasteiger partial charge in [-0.05, 0) is 33.3 Å². The summed E-state index contributed by atoms with van der Waals surface area (Å²) < 4.78 is 0. The maximum Gasteiger partial charge on any atom is 0.239 e. The summed E-state index contributed by atoms with van der Waals surface area (Å²) in [6.07, 6.45) is 0.295. The van der Waals surface area contributed by atoms with Crippen molar-refractivity contribution in [3.63, 3.8) is 0 Å². The topological polar surface area (TPSA) is 58.2 Å². The van der Waals surface area contributed by atoms with Crippen LogP contribution < -0.4 is 10.6 Å². The monoisotopic (exact) mass is 262 g/mol. The van der Waals surface area contributed by atoms with Crippen LogP contribution in [0.25, 0.3) is 0 Å². The van der Waals surface area contributed by atoms with E-state index in [0.717, 1.165) is 11.1 Å². The smallest absolute Gasteiger partial charge is 0.239 e. The van der Waals surface area contributed by atoms with E-state index < -0.39 is 0 Å². The number of carbonyl (C=O) groups is 2. The lowest BCUT2D eigenvalue weighted by Crippen LogP contribution is -2.46. The zero-order valence-corrected chi connectivity index (χ0v) is 12.0. The first-order valence-electron chi connectivity index (χ1n) is 6.39. The number of aryl methyl sites for hydroxylation is 1. The first-order valence-corrected chi connectivity index (χ1v) is 6.39. The quantitative estimate of drug-likeness (QED) is 0.865. The molecule has 0 bridgehead atoms. The Labute approximate surface area is 114 Å². The summed E-state index contributed by atoms with van der Waals surface area (Å²) in [7, 11) is 0. The minimum Gasteiger partial charge on any atom is -0.350 e. The van der Waals surface area contributed by atoms with Crippen LogP contribution in [0, 0.1) is 6.92 Å². The Bertz CT molecular complexity index is 444. The van der Waals surface area contributed by atoms with Gasteiger partial charge in [-0.15, -0.1) is 0 Å². The van der Waals surface area contributed by atoms with Crippen molar-refractivity contribution in [2.24, 2.45) is 0 Å². The highest BCUT2D eigenvalue weighted by Crippen LogP contribution is 2.03. The summed E-state index contributed by atoms with van der Waals surface area (Å²) in [6, 6.07) is 7.78. The van der Waals surface area contributed by atoms with Crippen LogP contribution in [0.4, 0.5) is 0 Å². The Morgan fingerprint density at radius 2 is 1.63 bits per heavy atom. The standard InChI is InChI=1S/C15H22N2O2/c1-11-5-7-12(8-6-11)9-13(18)16-10-14(19)17-15(2,3)4/h5-8H,9-10H2,1-4H3,(H,16,18)(H,17,19). The lowest BCUT2D eigenvalue weighted by Gasteiger charge is -2.20. The fourth-order valence-corrected chi connectivity index (χ4v) is 1.60. The van der Waals surface area contributed by atoms with Crippen LogP contribution in [0.2, 0.25) is 0 Å². The lowest BCUT2D eigenvalue weighted by molar-refractivity contribution is -0.126. The van der Waals surface area contributed by atoms with E-state index in [-0.39, 0.29) is 23.9 Å². The number of carbonyl (C=O) groups excluding carboxylic acids is 2. The molecule has 0 saturated heterocycles. The first kappa shape index (κ1) is 15.2. The molecule has 1 aromatic rings. The van der Waals surface area contributed by atoms with Crippen molar-refractivity contribution in [1.29, 1.82) is 0 Å². The van der Waals surface area contributed by atoms with Crippen LogP contribution in [0.15, 0.2) is 24.3 Å². The minimum absolute atomic E-state index is 0.0158. The van der Waals surface area contributed by atoms with Crippen molar-refractivity contribution < 1.29 is 9.59 Å². The van der Waals surface area contributed by atoms with Gasteiger partial charge in [-0.1, -0.05) is 29.8 Å². The third-order valence-electron chi connectivity index (χ3n) is 2.45. The molecule has 0 heterocycles. The van der Waals surface area contributed by atoms with E-state index in [9.17, 15) is 9.59 Å². The van der Waals surface area contributed by atoms with Gasteiger partial charge in [-0.3, -0.25) is 9.59 Å². The van der Waals surface area contributed by atoms with Crippen LogP contribution in [0.3, 0.4) is 0 Å². The highest BCUT2D eigenvalue weighted by molar-refractivity contribution is 5.85. The van der Waals surface area contributed by atoms with Gasteiger partial charge in [0.1, 0.15) is 0 Å². The predicted molar refractivity (Wildman–Crippen MR) is 75.8 cm³/mol. The Morgan fingerprint density at radius 1 is 1.05 bits per heavy atom. The molecule has 0 unspecified atom stereocenters. The molecular weight excluding hydrogens is 240 g/mol. The predicted octanol–water partition coefficient (Wildman–Crippen LogP) is 1.57. The Balaban J connectivity index is 2.36. The molecule has 2 amide bonds. The van der Waals surface area contributed by atoms with Crippen molar-refractivity contribution in [1.82, 2.24) is 10.6 Å². The summed E-state index contributed by atoms with van der Waals surface area (Å²) >= 11 is 0. The molecule has 0 spiro atoms. The van der Waals surface area contributed by atoms with Crippen molar-refractivity contribution >= 4 is 11.8 Å². The highest BCUT2D eigenvalue weighted by atomic mass is 16.2. The zero-order valence-electron chi connectivity index (χ0n) is 12.0. The highest BCUT2D eigenvalue weighted by Gasteiger charge is 2.14. The van der Waals surface area contributed by atoms with Gasteiger partial charge in [0, 0.05) is 5.54 Å². The van der Waals surface area contributed by atoms with Gasteiger partial charge in [-0.25, -0.2) is 0 Å². The summed E-state index contributed by atoms with van der Waals surface area (Å²) in [4.78, 5) is 23.2. The zero-order chi connectivity index (χ0) is 14.5. The van der Waals surface area contributed by atoms with Gasteiger partial charge in [0.15, 0.2) is 0 Å². The maximum atomic E-state index is 11.7. The summed E-state index contributed by atoms with van der Waals surface area (Å²) in [5.41, 5.74) is 1.83. The molecule has 1 aromatic carbocycles. The molecule has 104 valence electrons. The van der Waals surface area contributed by atoms with Crippen molar-refractivity contribution in [2.45, 2.75) is 39.7 Å². The van der Waals surface area contributed by atoms with Crippen LogP contribution in [0.1, 0.15) is 31.9 Å². The van der Waals surface area contributed by atoms with E-state index >= 15 is 0 Å². The molecule has 4 nitrogen and oxygen atoms in total. The SMILES string of the molecule is Cc1ccc(CC(=O)NCC(=O)NC(C)(C)C)cc1. The third-order valence-corrected chi connectivity index (χ3v) is 2.45. The van der Waals surface area contributed by atoms with Gasteiger partial charge in [0.2, 0.25) is 11.8 Å². The molecular formula is C15H22N2O2. The van der Waals surface area contributed by atoms with Gasteiger partial charge in [0.05, 0.1) is 13.0 Å². The molecule has 0 aromatic heterocycles. The Kier molecular flexibility index (Phi) is 5.10. The Hall–Kier alpha value is -1.84. The minimum atomic E-state index is -0.279. The van der Waals surface area contributed by atoms with Crippen LogP contribution in [-0.2, 0) is 16.0 Å². The maximum absolute atomic E-state index is 11.7. The first-order chi connectivity index (χ1) is 8.76. The normalized spacial score (nSPS) is 10.9. The molecule has 0 aliphatic heterocycles. The molecule has 2 N–H and O–H groups in total. The fraction of sp³-hybridized carbons (Fsp3) is 0.467. The van der Waals surface area contributed by atoms with Gasteiger partial charge in [-0.2, -0.15) is 0 Å². The van der Waals surface area contributed by atoms with E-state index in [0.29, 0.717) is 6.42 Å². The van der Waals surface area contributed by atoms with E-state index in [1.54, 1.807) is 0 Å². The van der Waals surface area contributed by atoms with E-state index in [1.165, 1.54) is 0 Å². The Morgan fingerprint density at radius 3 is 2.16 bits per heavy atom. The second-order valence-electron chi connectivity index (χ2n) is 5.74. The second kappa shape index (κ2) is 6.36. The van der Waals surface area contributed by atoms with Crippen LogP contribution >= 0.6 is 0 Å².